The van der Waals surface area contributed by atoms with E-state index in [1.165, 1.54) is 18.2 Å². The van der Waals surface area contributed by atoms with Gasteiger partial charge in [-0.2, -0.15) is 0 Å². The molecule has 3 rings (SSSR count). The van der Waals surface area contributed by atoms with Crippen LogP contribution in [0.5, 0.6) is 0 Å². The van der Waals surface area contributed by atoms with E-state index in [1.807, 2.05) is 30.3 Å². The van der Waals surface area contributed by atoms with Gasteiger partial charge in [-0.05, 0) is 25.0 Å². The molecule has 1 aliphatic rings. The zero-order chi connectivity index (χ0) is 18.0. The Morgan fingerprint density at radius 3 is 2.48 bits per heavy atom. The average Bonchev–Trinajstić information content (AvgIpc) is 2.91. The molecule has 1 aliphatic carbocycles. The van der Waals surface area contributed by atoms with Crippen molar-refractivity contribution in [2.45, 2.75) is 31.3 Å². The van der Waals surface area contributed by atoms with Crippen molar-refractivity contribution in [3.8, 4) is 0 Å². The molecule has 6 nitrogen and oxygen atoms in total. The van der Waals surface area contributed by atoms with E-state index in [-0.39, 0.29) is 17.0 Å². The molecule has 6 heteroatoms. The third kappa shape index (κ3) is 2.91. The second-order valence-electron chi connectivity index (χ2n) is 6.20. The van der Waals surface area contributed by atoms with Crippen molar-refractivity contribution in [1.29, 1.82) is 0 Å². The summed E-state index contributed by atoms with van der Waals surface area (Å²) < 4.78 is 5.56. The minimum Gasteiger partial charge on any atom is -0.457 e. The van der Waals surface area contributed by atoms with Crippen molar-refractivity contribution < 1.29 is 19.2 Å². The van der Waals surface area contributed by atoms with Crippen molar-refractivity contribution in [2.75, 3.05) is 0 Å². The van der Waals surface area contributed by atoms with Gasteiger partial charge in [0, 0.05) is 12.5 Å². The second kappa shape index (κ2) is 6.47. The highest BCUT2D eigenvalue weighted by Crippen LogP contribution is 2.40. The number of carbonyl (C=O) groups is 2. The molecule has 0 saturated heterocycles. The number of carbonyl (C=O) groups excluding carboxylic acids is 2. The van der Waals surface area contributed by atoms with Crippen molar-refractivity contribution in [3.63, 3.8) is 0 Å². The number of benzene rings is 2. The first-order valence-electron chi connectivity index (χ1n) is 7.98. The van der Waals surface area contributed by atoms with Gasteiger partial charge in [0.15, 0.2) is 0 Å². The summed E-state index contributed by atoms with van der Waals surface area (Å²) in [6.45, 7) is 1.76. The lowest BCUT2D eigenvalue weighted by atomic mass is 9.78. The topological polar surface area (TPSA) is 86.5 Å². The molecule has 0 radical (unpaired) electrons. The summed E-state index contributed by atoms with van der Waals surface area (Å²) in [5.41, 5.74) is -0.584. The Labute approximate surface area is 144 Å². The fraction of sp³-hybridized carbons (Fsp3) is 0.263. The number of rotatable bonds is 4. The SMILES string of the molecule is C[C@]1(c2ccccc2)C(=O)CC[C@H]1OC(=O)c1ccccc1[N+](=O)[O-]. The predicted octanol–water partition coefficient (Wildman–Crippen LogP) is 3.44. The number of nitro groups is 1. The molecule has 0 heterocycles. The van der Waals surface area contributed by atoms with E-state index in [9.17, 15) is 19.7 Å². The van der Waals surface area contributed by atoms with Gasteiger partial charge < -0.3 is 4.74 Å². The van der Waals surface area contributed by atoms with Gasteiger partial charge in [-0.25, -0.2) is 4.79 Å². The maximum absolute atomic E-state index is 12.5. The van der Waals surface area contributed by atoms with E-state index >= 15 is 0 Å². The number of Topliss-reactive ketones (excluding diaryl/α,β-unsaturated/α-hetero) is 1. The average molecular weight is 339 g/mol. The number of hydrogen-bond acceptors (Lipinski definition) is 5. The number of hydrogen-bond donors (Lipinski definition) is 0. The summed E-state index contributed by atoms with van der Waals surface area (Å²) in [6, 6.07) is 14.8. The van der Waals surface area contributed by atoms with E-state index in [0.717, 1.165) is 5.56 Å². The van der Waals surface area contributed by atoms with Crippen molar-refractivity contribution in [3.05, 3.63) is 75.8 Å². The van der Waals surface area contributed by atoms with Crippen LogP contribution >= 0.6 is 0 Å². The lowest BCUT2D eigenvalue weighted by Crippen LogP contribution is -2.40. The zero-order valence-electron chi connectivity index (χ0n) is 13.7. The Morgan fingerprint density at radius 2 is 1.80 bits per heavy atom. The van der Waals surface area contributed by atoms with Crippen molar-refractivity contribution in [2.24, 2.45) is 0 Å². The molecule has 2 aromatic rings. The van der Waals surface area contributed by atoms with Crippen LogP contribution in [-0.4, -0.2) is 22.8 Å². The van der Waals surface area contributed by atoms with Gasteiger partial charge in [-0.15, -0.1) is 0 Å². The minimum absolute atomic E-state index is 0.000869. The summed E-state index contributed by atoms with van der Waals surface area (Å²) in [5.74, 6) is -0.784. The van der Waals surface area contributed by atoms with Crippen molar-refractivity contribution in [1.82, 2.24) is 0 Å². The summed E-state index contributed by atoms with van der Waals surface area (Å²) in [7, 11) is 0. The number of nitrogens with zero attached hydrogens (tertiary/aromatic N) is 1. The highest BCUT2D eigenvalue weighted by atomic mass is 16.6. The lowest BCUT2D eigenvalue weighted by molar-refractivity contribution is -0.385. The zero-order valence-corrected chi connectivity index (χ0v) is 13.7. The highest BCUT2D eigenvalue weighted by molar-refractivity contribution is 5.96. The van der Waals surface area contributed by atoms with Crippen LogP contribution in [0, 0.1) is 10.1 Å². The highest BCUT2D eigenvalue weighted by Gasteiger charge is 2.49. The fourth-order valence-corrected chi connectivity index (χ4v) is 3.30. The molecule has 0 amide bonds. The van der Waals surface area contributed by atoms with Crippen LogP contribution in [0.3, 0.4) is 0 Å². The van der Waals surface area contributed by atoms with Gasteiger partial charge in [0.05, 0.1) is 10.3 Å². The molecule has 0 unspecified atom stereocenters. The quantitative estimate of drug-likeness (QED) is 0.484. The van der Waals surface area contributed by atoms with E-state index in [1.54, 1.807) is 13.0 Å². The smallest absolute Gasteiger partial charge is 0.345 e. The predicted molar refractivity (Wildman–Crippen MR) is 90.3 cm³/mol. The van der Waals surface area contributed by atoms with Gasteiger partial charge in [0.2, 0.25) is 0 Å². The molecule has 0 spiro atoms. The standard InChI is InChI=1S/C19H17NO5/c1-19(13-7-3-2-4-8-13)16(21)11-12-17(19)25-18(22)14-9-5-6-10-15(14)20(23)24/h2-10,17H,11-12H2,1H3/t17-,19+/m1/s1. The molecule has 0 aliphatic heterocycles. The van der Waals surface area contributed by atoms with Crippen LogP contribution in [0.15, 0.2) is 54.6 Å². The van der Waals surface area contributed by atoms with E-state index in [4.69, 9.17) is 4.74 Å². The molecule has 2 aromatic carbocycles. The third-order valence-electron chi connectivity index (χ3n) is 4.80. The normalized spacial score (nSPS) is 22.6. The summed E-state index contributed by atoms with van der Waals surface area (Å²) in [6.07, 6.45) is 0.0475. The molecule has 128 valence electrons. The van der Waals surface area contributed by atoms with Crippen LogP contribution in [0.25, 0.3) is 0 Å². The van der Waals surface area contributed by atoms with Gasteiger partial charge in [0.1, 0.15) is 17.5 Å². The monoisotopic (exact) mass is 339 g/mol. The molecule has 0 N–H and O–H groups in total. The van der Waals surface area contributed by atoms with Crippen molar-refractivity contribution >= 4 is 17.4 Å². The number of ether oxygens (including phenoxy) is 1. The summed E-state index contributed by atoms with van der Waals surface area (Å²) >= 11 is 0. The van der Waals surface area contributed by atoms with Gasteiger partial charge in [-0.3, -0.25) is 14.9 Å². The van der Waals surface area contributed by atoms with E-state index < -0.39 is 22.4 Å². The van der Waals surface area contributed by atoms with Crippen LogP contribution in [-0.2, 0) is 14.9 Å². The second-order valence-corrected chi connectivity index (χ2v) is 6.20. The summed E-state index contributed by atoms with van der Waals surface area (Å²) in [5, 5.41) is 11.1. The van der Waals surface area contributed by atoms with Crippen LogP contribution in [0.2, 0.25) is 0 Å². The summed E-state index contributed by atoms with van der Waals surface area (Å²) in [4.78, 5) is 35.5. The van der Waals surface area contributed by atoms with Gasteiger partial charge in [-0.1, -0.05) is 42.5 Å². The third-order valence-corrected chi connectivity index (χ3v) is 4.80. The Bertz CT molecular complexity index is 833. The maximum atomic E-state index is 12.5. The number of nitro benzene ring substituents is 1. The molecule has 2 atom stereocenters. The largest absolute Gasteiger partial charge is 0.457 e. The maximum Gasteiger partial charge on any atom is 0.345 e. The Hall–Kier alpha value is -3.02. The lowest BCUT2D eigenvalue weighted by Gasteiger charge is -2.30. The molecular formula is C19H17NO5. The Morgan fingerprint density at radius 1 is 1.16 bits per heavy atom. The molecule has 25 heavy (non-hydrogen) atoms. The van der Waals surface area contributed by atoms with Gasteiger partial charge in [0.25, 0.3) is 5.69 Å². The first-order chi connectivity index (χ1) is 11.9. The Kier molecular flexibility index (Phi) is 4.35. The number of ketones is 1. The molecule has 1 fully saturated rings. The first kappa shape index (κ1) is 16.8. The van der Waals surface area contributed by atoms with Gasteiger partial charge >= 0.3 is 5.97 Å². The molecule has 0 bridgehead atoms. The molecule has 0 aromatic heterocycles. The van der Waals surface area contributed by atoms with Crippen LogP contribution < -0.4 is 0 Å². The van der Waals surface area contributed by atoms with E-state index in [2.05, 4.69) is 0 Å². The van der Waals surface area contributed by atoms with Crippen LogP contribution in [0.4, 0.5) is 5.69 Å². The minimum atomic E-state index is -0.944. The van der Waals surface area contributed by atoms with Crippen LogP contribution in [0.1, 0.15) is 35.7 Å². The molecule has 1 saturated carbocycles. The van der Waals surface area contributed by atoms with E-state index in [0.29, 0.717) is 12.8 Å². The Balaban J connectivity index is 1.91. The first-order valence-corrected chi connectivity index (χ1v) is 7.98. The molecular weight excluding hydrogens is 322 g/mol. The fourth-order valence-electron chi connectivity index (χ4n) is 3.30. The number of esters is 1. The number of para-hydroxylation sites is 1.